The van der Waals surface area contributed by atoms with Crippen LogP contribution in [0.15, 0.2) is 84.9 Å². The van der Waals surface area contributed by atoms with Gasteiger partial charge in [0.2, 0.25) is 5.95 Å². The summed E-state index contributed by atoms with van der Waals surface area (Å²) in [5, 5.41) is 3.76. The first-order valence-corrected chi connectivity index (χ1v) is 11.3. The molecule has 0 bridgehead atoms. The highest BCUT2D eigenvalue weighted by Crippen LogP contribution is 2.26. The zero-order chi connectivity index (χ0) is 21.0. The molecule has 1 fully saturated rings. The monoisotopic (exact) mass is 410 g/mol. The number of aromatic nitrogens is 2. The first kappa shape index (κ1) is 19.8. The summed E-state index contributed by atoms with van der Waals surface area (Å²) in [6.07, 6.45) is 3.32. The molecule has 158 valence electrons. The van der Waals surface area contributed by atoms with Crippen LogP contribution in [0.1, 0.15) is 24.0 Å². The minimum absolute atomic E-state index is 0.427. The molecule has 1 aliphatic rings. The van der Waals surface area contributed by atoms with E-state index < -0.39 is 0 Å². The number of aryl methyl sites for hydroxylation is 1. The standard InChI is InChI=1S/C27H30N4/c1-30-26-15-9-8-14-25(26)29-27(30)28-23-16-17-31(20-22-12-6-3-7-13-22)24(19-23)18-21-10-4-2-5-11-21/h2-15,23-24H,16-20H2,1H3,(H,28,29)/t23-,24-/m1/s1. The number of rotatable bonds is 6. The van der Waals surface area contributed by atoms with Gasteiger partial charge in [0, 0.05) is 32.2 Å². The molecule has 1 aromatic heterocycles. The van der Waals surface area contributed by atoms with E-state index in [1.165, 1.54) is 16.6 Å². The van der Waals surface area contributed by atoms with Gasteiger partial charge in [0.25, 0.3) is 0 Å². The predicted molar refractivity (Wildman–Crippen MR) is 128 cm³/mol. The summed E-state index contributed by atoms with van der Waals surface area (Å²) in [6.45, 7) is 2.10. The highest BCUT2D eigenvalue weighted by molar-refractivity contribution is 5.78. The zero-order valence-corrected chi connectivity index (χ0v) is 18.1. The molecule has 3 aromatic carbocycles. The van der Waals surface area contributed by atoms with Crippen LogP contribution in [-0.4, -0.2) is 33.1 Å². The van der Waals surface area contributed by atoms with Crippen LogP contribution in [0.3, 0.4) is 0 Å². The van der Waals surface area contributed by atoms with Crippen molar-refractivity contribution >= 4 is 17.0 Å². The van der Waals surface area contributed by atoms with Gasteiger partial charge in [-0.15, -0.1) is 0 Å². The third kappa shape index (κ3) is 4.49. The first-order valence-electron chi connectivity index (χ1n) is 11.3. The van der Waals surface area contributed by atoms with E-state index in [2.05, 4.69) is 107 Å². The number of imidazole rings is 1. The second kappa shape index (κ2) is 8.94. The number of nitrogens with zero attached hydrogens (tertiary/aromatic N) is 3. The molecule has 0 radical (unpaired) electrons. The Kier molecular flexibility index (Phi) is 5.72. The van der Waals surface area contributed by atoms with E-state index in [0.717, 1.165) is 43.8 Å². The van der Waals surface area contributed by atoms with Crippen LogP contribution in [-0.2, 0) is 20.0 Å². The molecule has 0 unspecified atom stereocenters. The van der Waals surface area contributed by atoms with Crippen LogP contribution in [0.4, 0.5) is 5.95 Å². The van der Waals surface area contributed by atoms with Gasteiger partial charge < -0.3 is 9.88 Å². The van der Waals surface area contributed by atoms with Crippen LogP contribution < -0.4 is 5.32 Å². The van der Waals surface area contributed by atoms with E-state index in [0.29, 0.717) is 12.1 Å². The molecule has 2 heterocycles. The first-order chi connectivity index (χ1) is 15.3. The molecule has 1 aliphatic heterocycles. The molecule has 1 saturated heterocycles. The van der Waals surface area contributed by atoms with Crippen molar-refractivity contribution in [2.45, 2.75) is 37.9 Å². The summed E-state index contributed by atoms with van der Waals surface area (Å²) < 4.78 is 2.18. The normalized spacial score (nSPS) is 19.5. The van der Waals surface area contributed by atoms with Gasteiger partial charge in [0.1, 0.15) is 0 Å². The smallest absolute Gasteiger partial charge is 0.203 e. The minimum Gasteiger partial charge on any atom is -0.353 e. The lowest BCUT2D eigenvalue weighted by Crippen LogP contribution is -2.47. The quantitative estimate of drug-likeness (QED) is 0.471. The Bertz CT molecular complexity index is 1120. The fraction of sp³-hybridized carbons (Fsp3) is 0.296. The number of piperidine rings is 1. The Morgan fingerprint density at radius 1 is 0.871 bits per heavy atom. The van der Waals surface area contributed by atoms with E-state index in [4.69, 9.17) is 4.98 Å². The van der Waals surface area contributed by atoms with E-state index in [1.807, 2.05) is 0 Å². The number of hydrogen-bond donors (Lipinski definition) is 1. The lowest BCUT2D eigenvalue weighted by atomic mass is 9.91. The van der Waals surface area contributed by atoms with Gasteiger partial charge in [0.15, 0.2) is 0 Å². The number of hydrogen-bond acceptors (Lipinski definition) is 3. The number of likely N-dealkylation sites (tertiary alicyclic amines) is 1. The Morgan fingerprint density at radius 2 is 1.55 bits per heavy atom. The van der Waals surface area contributed by atoms with Gasteiger partial charge in [-0.3, -0.25) is 4.90 Å². The second-order valence-corrected chi connectivity index (χ2v) is 8.65. The molecule has 4 aromatic rings. The highest BCUT2D eigenvalue weighted by atomic mass is 15.2. The van der Waals surface area contributed by atoms with E-state index in [-0.39, 0.29) is 0 Å². The molecule has 5 rings (SSSR count). The maximum Gasteiger partial charge on any atom is 0.203 e. The molecule has 0 aliphatic carbocycles. The van der Waals surface area contributed by atoms with Crippen LogP contribution in [0.5, 0.6) is 0 Å². The lowest BCUT2D eigenvalue weighted by molar-refractivity contribution is 0.131. The van der Waals surface area contributed by atoms with Crippen LogP contribution in [0.2, 0.25) is 0 Å². The Labute approximate surface area is 184 Å². The summed E-state index contributed by atoms with van der Waals surface area (Å²) in [5.74, 6) is 0.973. The summed E-state index contributed by atoms with van der Waals surface area (Å²) >= 11 is 0. The third-order valence-corrected chi connectivity index (χ3v) is 6.50. The van der Waals surface area contributed by atoms with Gasteiger partial charge >= 0.3 is 0 Å². The number of nitrogens with one attached hydrogen (secondary N) is 1. The molecule has 0 amide bonds. The number of benzene rings is 3. The van der Waals surface area contributed by atoms with Crippen LogP contribution >= 0.6 is 0 Å². The Hall–Kier alpha value is -3.11. The topological polar surface area (TPSA) is 33.1 Å². The fourth-order valence-electron chi connectivity index (χ4n) is 4.81. The number of fused-ring (bicyclic) bond motifs is 1. The number of anilines is 1. The SMILES string of the molecule is Cn1c(N[C@@H]2CCN(Cc3ccccc3)[C@H](Cc3ccccc3)C2)nc2ccccc21. The second-order valence-electron chi connectivity index (χ2n) is 8.65. The van der Waals surface area contributed by atoms with Crippen molar-refractivity contribution in [3.05, 3.63) is 96.1 Å². The summed E-state index contributed by atoms with van der Waals surface area (Å²) in [7, 11) is 2.10. The molecule has 4 heteroatoms. The highest BCUT2D eigenvalue weighted by Gasteiger charge is 2.29. The van der Waals surface area contributed by atoms with E-state index in [9.17, 15) is 0 Å². The van der Waals surface area contributed by atoms with E-state index >= 15 is 0 Å². The van der Waals surface area contributed by atoms with Gasteiger partial charge in [0.05, 0.1) is 11.0 Å². The molecule has 31 heavy (non-hydrogen) atoms. The average Bonchev–Trinajstić information content (AvgIpc) is 3.12. The zero-order valence-electron chi connectivity index (χ0n) is 18.1. The maximum atomic E-state index is 4.84. The van der Waals surface area contributed by atoms with Crippen LogP contribution in [0, 0.1) is 0 Å². The maximum absolute atomic E-state index is 4.84. The third-order valence-electron chi connectivity index (χ3n) is 6.50. The van der Waals surface area contributed by atoms with Gasteiger partial charge in [-0.2, -0.15) is 0 Å². The molecule has 0 spiro atoms. The molecule has 2 atom stereocenters. The predicted octanol–water partition coefficient (Wildman–Crippen LogP) is 5.26. The largest absolute Gasteiger partial charge is 0.353 e. The van der Waals surface area contributed by atoms with Gasteiger partial charge in [-0.05, 0) is 42.5 Å². The van der Waals surface area contributed by atoms with Crippen molar-refractivity contribution in [1.29, 1.82) is 0 Å². The van der Waals surface area contributed by atoms with Crippen molar-refractivity contribution in [3.63, 3.8) is 0 Å². The lowest BCUT2D eigenvalue weighted by Gasteiger charge is -2.40. The molecule has 0 saturated carbocycles. The fourth-order valence-corrected chi connectivity index (χ4v) is 4.81. The van der Waals surface area contributed by atoms with Crippen molar-refractivity contribution in [3.8, 4) is 0 Å². The number of para-hydroxylation sites is 2. The van der Waals surface area contributed by atoms with Gasteiger partial charge in [-0.25, -0.2) is 4.98 Å². The molecule has 4 nitrogen and oxygen atoms in total. The summed E-state index contributed by atoms with van der Waals surface area (Å²) in [5.41, 5.74) is 5.03. The van der Waals surface area contributed by atoms with Crippen molar-refractivity contribution in [2.75, 3.05) is 11.9 Å². The van der Waals surface area contributed by atoms with Gasteiger partial charge in [-0.1, -0.05) is 72.8 Å². The van der Waals surface area contributed by atoms with Crippen molar-refractivity contribution < 1.29 is 0 Å². The van der Waals surface area contributed by atoms with Crippen molar-refractivity contribution in [2.24, 2.45) is 7.05 Å². The molecule has 1 N–H and O–H groups in total. The Balaban J connectivity index is 1.34. The van der Waals surface area contributed by atoms with E-state index in [1.54, 1.807) is 0 Å². The van der Waals surface area contributed by atoms with Crippen molar-refractivity contribution in [1.82, 2.24) is 14.5 Å². The molecular weight excluding hydrogens is 380 g/mol. The molecular formula is C27H30N4. The average molecular weight is 411 g/mol. The van der Waals surface area contributed by atoms with Crippen LogP contribution in [0.25, 0.3) is 11.0 Å². The minimum atomic E-state index is 0.427. The summed E-state index contributed by atoms with van der Waals surface area (Å²) in [4.78, 5) is 7.50. The summed E-state index contributed by atoms with van der Waals surface area (Å²) in [6, 6.07) is 31.0. The Morgan fingerprint density at radius 3 is 2.29 bits per heavy atom.